The van der Waals surface area contributed by atoms with Gasteiger partial charge < -0.3 is 14.8 Å². The van der Waals surface area contributed by atoms with Gasteiger partial charge in [0.25, 0.3) is 5.95 Å². The second-order valence-electron chi connectivity index (χ2n) is 7.82. The number of aromatic nitrogens is 5. The Kier molecular flexibility index (Phi) is 5.40. The van der Waals surface area contributed by atoms with Crippen molar-refractivity contribution in [2.75, 3.05) is 19.5 Å². The van der Waals surface area contributed by atoms with E-state index in [4.69, 9.17) is 9.47 Å². The average molecular weight is 460 g/mol. The highest BCUT2D eigenvalue weighted by atomic mass is 19.1. The highest BCUT2D eigenvalue weighted by Gasteiger charge is 2.35. The number of nitrogens with zero attached hydrogens (tertiary/aromatic N) is 5. The number of carbonyl (C=O) groups is 1. The molecule has 34 heavy (non-hydrogen) atoms. The number of ether oxygens (including phenoxy) is 2. The van der Waals surface area contributed by atoms with Crippen LogP contribution in [0.4, 0.5) is 10.2 Å². The zero-order valence-electron chi connectivity index (χ0n) is 18.7. The lowest BCUT2D eigenvalue weighted by molar-refractivity contribution is -0.116. The molecule has 0 spiro atoms. The number of carbonyl (C=O) groups excluding carboxylic acids is 1. The van der Waals surface area contributed by atoms with Crippen molar-refractivity contribution in [3.05, 3.63) is 71.3 Å². The number of aryl methyl sites for hydroxylation is 1. The highest BCUT2D eigenvalue weighted by molar-refractivity contribution is 5.95. The molecule has 5 rings (SSSR count). The second-order valence-corrected chi connectivity index (χ2v) is 7.82. The molecule has 10 heteroatoms. The van der Waals surface area contributed by atoms with E-state index in [1.807, 2.05) is 19.1 Å². The Morgan fingerprint density at radius 1 is 1.12 bits per heavy atom. The van der Waals surface area contributed by atoms with Gasteiger partial charge in [-0.25, -0.2) is 9.37 Å². The first-order valence-electron chi connectivity index (χ1n) is 10.6. The Hall–Kier alpha value is -4.34. The molecule has 1 atom stereocenters. The zero-order valence-corrected chi connectivity index (χ0v) is 18.7. The van der Waals surface area contributed by atoms with E-state index >= 15 is 0 Å². The second kappa shape index (κ2) is 8.54. The first kappa shape index (κ1) is 21.5. The predicted octanol–water partition coefficient (Wildman–Crippen LogP) is 3.66. The summed E-state index contributed by atoms with van der Waals surface area (Å²) in [6.45, 7) is 1.87. The summed E-state index contributed by atoms with van der Waals surface area (Å²) in [5.74, 6) is 1.15. The number of hydrogen-bond acceptors (Lipinski definition) is 7. The maximum atomic E-state index is 13.3. The number of rotatable bonds is 5. The van der Waals surface area contributed by atoms with Crippen LogP contribution in [0.3, 0.4) is 0 Å². The zero-order chi connectivity index (χ0) is 23.8. The van der Waals surface area contributed by atoms with Crippen LogP contribution in [0.25, 0.3) is 17.2 Å². The number of halogens is 1. The predicted molar refractivity (Wildman–Crippen MR) is 122 cm³/mol. The summed E-state index contributed by atoms with van der Waals surface area (Å²) >= 11 is 0. The number of anilines is 1. The van der Waals surface area contributed by atoms with Crippen molar-refractivity contribution in [1.29, 1.82) is 0 Å². The fraction of sp³-hybridized carbons (Fsp3) is 0.208. The monoisotopic (exact) mass is 460 g/mol. The first-order chi connectivity index (χ1) is 16.5. The van der Waals surface area contributed by atoms with Crippen LogP contribution in [-0.4, -0.2) is 45.1 Å². The molecule has 0 fully saturated rings. The van der Waals surface area contributed by atoms with Gasteiger partial charge in [0, 0.05) is 35.1 Å². The van der Waals surface area contributed by atoms with E-state index in [-0.39, 0.29) is 30.0 Å². The Morgan fingerprint density at radius 2 is 1.91 bits per heavy atom. The van der Waals surface area contributed by atoms with Gasteiger partial charge in [-0.15, -0.1) is 5.10 Å². The SMILES string of the molecule is COc1ccc([C@H]2CC(=O)Nc3c2c(C)nn3-c2nncc(-c3ccc(F)cc3)n2)c(OC)c1. The summed E-state index contributed by atoms with van der Waals surface area (Å²) in [4.78, 5) is 17.3. The van der Waals surface area contributed by atoms with E-state index in [2.05, 4.69) is 25.6 Å². The normalized spacial score (nSPS) is 14.9. The average Bonchev–Trinajstić information content (AvgIpc) is 3.19. The number of fused-ring (bicyclic) bond motifs is 1. The fourth-order valence-electron chi connectivity index (χ4n) is 4.21. The fourth-order valence-corrected chi connectivity index (χ4v) is 4.21. The van der Waals surface area contributed by atoms with Gasteiger partial charge in [-0.2, -0.15) is 14.9 Å². The largest absolute Gasteiger partial charge is 0.497 e. The molecular formula is C24H21FN6O3. The molecule has 1 N–H and O–H groups in total. The quantitative estimate of drug-likeness (QED) is 0.485. The van der Waals surface area contributed by atoms with Gasteiger partial charge in [-0.3, -0.25) is 4.79 Å². The van der Waals surface area contributed by atoms with Gasteiger partial charge in [0.2, 0.25) is 5.91 Å². The summed E-state index contributed by atoms with van der Waals surface area (Å²) < 4.78 is 25.7. The van der Waals surface area contributed by atoms with Crippen molar-refractivity contribution in [2.45, 2.75) is 19.3 Å². The number of hydrogen-bond donors (Lipinski definition) is 1. The van der Waals surface area contributed by atoms with Gasteiger partial charge >= 0.3 is 0 Å². The third kappa shape index (κ3) is 3.72. The standard InChI is InChI=1S/C24H21FN6O3/c1-13-22-18(17-9-8-16(33-2)10-20(17)34-3)11-21(32)28-23(22)31(30-13)24-27-19(12-26-29-24)14-4-6-15(25)7-5-14/h4-10,12,18H,11H2,1-3H3,(H,28,32)/t18-/m1/s1. The minimum Gasteiger partial charge on any atom is -0.497 e. The molecule has 1 amide bonds. The number of methoxy groups -OCH3 is 2. The summed E-state index contributed by atoms with van der Waals surface area (Å²) in [5.41, 5.74) is 3.59. The molecule has 172 valence electrons. The third-order valence-electron chi connectivity index (χ3n) is 5.80. The molecule has 1 aliphatic heterocycles. The van der Waals surface area contributed by atoms with Crippen molar-refractivity contribution in [2.24, 2.45) is 0 Å². The van der Waals surface area contributed by atoms with E-state index in [9.17, 15) is 9.18 Å². The van der Waals surface area contributed by atoms with Crippen LogP contribution in [0.2, 0.25) is 0 Å². The third-order valence-corrected chi connectivity index (χ3v) is 5.80. The summed E-state index contributed by atoms with van der Waals surface area (Å²) in [7, 11) is 3.17. The first-order valence-corrected chi connectivity index (χ1v) is 10.6. The van der Waals surface area contributed by atoms with Gasteiger partial charge in [-0.1, -0.05) is 6.07 Å². The lowest BCUT2D eigenvalue weighted by Gasteiger charge is -2.25. The van der Waals surface area contributed by atoms with Crippen LogP contribution >= 0.6 is 0 Å². The molecule has 0 radical (unpaired) electrons. The Balaban J connectivity index is 1.61. The van der Waals surface area contributed by atoms with Gasteiger partial charge in [0.1, 0.15) is 23.1 Å². The van der Waals surface area contributed by atoms with Crippen molar-refractivity contribution >= 4 is 11.7 Å². The van der Waals surface area contributed by atoms with Crippen LogP contribution < -0.4 is 14.8 Å². The Morgan fingerprint density at radius 3 is 2.65 bits per heavy atom. The maximum Gasteiger partial charge on any atom is 0.272 e. The molecule has 4 aromatic rings. The minimum absolute atomic E-state index is 0.167. The van der Waals surface area contributed by atoms with Crippen molar-refractivity contribution in [1.82, 2.24) is 25.0 Å². The van der Waals surface area contributed by atoms with Crippen LogP contribution in [0.5, 0.6) is 11.5 Å². The van der Waals surface area contributed by atoms with Crippen LogP contribution in [-0.2, 0) is 4.79 Å². The van der Waals surface area contributed by atoms with E-state index in [0.29, 0.717) is 34.3 Å². The molecule has 2 aromatic carbocycles. The topological polar surface area (TPSA) is 104 Å². The molecule has 0 saturated heterocycles. The molecule has 9 nitrogen and oxygen atoms in total. The molecule has 0 bridgehead atoms. The number of amides is 1. The van der Waals surface area contributed by atoms with Gasteiger partial charge in [-0.05, 0) is 37.3 Å². The molecule has 0 unspecified atom stereocenters. The molecule has 1 aliphatic rings. The number of nitrogens with one attached hydrogen (secondary N) is 1. The molecule has 0 aliphatic carbocycles. The van der Waals surface area contributed by atoms with Crippen LogP contribution in [0, 0.1) is 12.7 Å². The Labute approximate surface area is 194 Å². The maximum absolute atomic E-state index is 13.3. The summed E-state index contributed by atoms with van der Waals surface area (Å²) in [6, 6.07) is 11.5. The van der Waals surface area contributed by atoms with E-state index in [1.165, 1.54) is 23.0 Å². The van der Waals surface area contributed by atoms with Gasteiger partial charge in [0.15, 0.2) is 0 Å². The Bertz CT molecular complexity index is 1390. The van der Waals surface area contributed by atoms with Crippen molar-refractivity contribution in [3.63, 3.8) is 0 Å². The molecule has 2 aromatic heterocycles. The highest BCUT2D eigenvalue weighted by Crippen LogP contribution is 2.43. The summed E-state index contributed by atoms with van der Waals surface area (Å²) in [5, 5.41) is 15.7. The van der Waals surface area contributed by atoms with Crippen LogP contribution in [0.1, 0.15) is 29.2 Å². The van der Waals surface area contributed by atoms with Crippen molar-refractivity contribution in [3.8, 4) is 28.7 Å². The van der Waals surface area contributed by atoms with E-state index in [0.717, 1.165) is 11.1 Å². The van der Waals surface area contributed by atoms with Crippen molar-refractivity contribution < 1.29 is 18.7 Å². The number of benzene rings is 2. The lowest BCUT2D eigenvalue weighted by Crippen LogP contribution is -2.25. The molecular weight excluding hydrogens is 439 g/mol. The van der Waals surface area contributed by atoms with E-state index in [1.54, 1.807) is 32.4 Å². The molecule has 3 heterocycles. The summed E-state index contributed by atoms with van der Waals surface area (Å²) in [6.07, 6.45) is 1.72. The molecule has 0 saturated carbocycles. The van der Waals surface area contributed by atoms with Crippen LogP contribution in [0.15, 0.2) is 48.7 Å². The van der Waals surface area contributed by atoms with Gasteiger partial charge in [0.05, 0.1) is 31.8 Å². The smallest absolute Gasteiger partial charge is 0.272 e. The van der Waals surface area contributed by atoms with E-state index < -0.39 is 0 Å². The minimum atomic E-state index is -0.342. The lowest BCUT2D eigenvalue weighted by atomic mass is 9.85.